The summed E-state index contributed by atoms with van der Waals surface area (Å²) in [5, 5.41) is 0. The number of hydrogen-bond donors (Lipinski definition) is 0. The average molecular weight is 322 g/mol. The van der Waals surface area contributed by atoms with Crippen LogP contribution in [0.2, 0.25) is 0 Å². The van der Waals surface area contributed by atoms with Gasteiger partial charge in [0.15, 0.2) is 0 Å². The smallest absolute Gasteiger partial charge is 0.335 e. The van der Waals surface area contributed by atoms with Crippen LogP contribution in [0.5, 0.6) is 0 Å². The van der Waals surface area contributed by atoms with Crippen LogP contribution in [0.1, 0.15) is 24.2 Å². The lowest BCUT2D eigenvalue weighted by molar-refractivity contribution is -0.149. The van der Waals surface area contributed by atoms with Crippen molar-refractivity contribution in [3.05, 3.63) is 77.4 Å². The van der Waals surface area contributed by atoms with Gasteiger partial charge in [-0.3, -0.25) is 4.79 Å². The zero-order valence-corrected chi connectivity index (χ0v) is 13.3. The van der Waals surface area contributed by atoms with E-state index in [0.29, 0.717) is 5.57 Å². The second-order valence-electron chi connectivity index (χ2n) is 5.48. The zero-order valence-electron chi connectivity index (χ0n) is 13.3. The van der Waals surface area contributed by atoms with Gasteiger partial charge in [-0.1, -0.05) is 60.7 Å². The molecule has 0 spiro atoms. The van der Waals surface area contributed by atoms with Crippen LogP contribution in [0.4, 0.5) is 0 Å². The first-order valence-electron chi connectivity index (χ1n) is 7.90. The molecule has 2 aromatic rings. The molecule has 0 unspecified atom stereocenters. The number of esters is 2. The van der Waals surface area contributed by atoms with Crippen LogP contribution in [0.3, 0.4) is 0 Å². The topological polar surface area (TPSA) is 52.6 Å². The predicted molar refractivity (Wildman–Crippen MR) is 89.8 cm³/mol. The Morgan fingerprint density at radius 1 is 1.08 bits per heavy atom. The van der Waals surface area contributed by atoms with Gasteiger partial charge >= 0.3 is 11.9 Å². The van der Waals surface area contributed by atoms with E-state index >= 15 is 0 Å². The maximum absolute atomic E-state index is 12.5. The van der Waals surface area contributed by atoms with Crippen molar-refractivity contribution in [2.75, 3.05) is 6.61 Å². The first-order chi connectivity index (χ1) is 11.7. The lowest BCUT2D eigenvalue weighted by Gasteiger charge is -2.16. The van der Waals surface area contributed by atoms with E-state index in [0.717, 1.165) is 11.1 Å². The number of cyclic esters (lactones) is 1. The highest BCUT2D eigenvalue weighted by molar-refractivity contribution is 6.02. The second kappa shape index (κ2) is 7.13. The normalized spacial score (nSPS) is 21.5. The summed E-state index contributed by atoms with van der Waals surface area (Å²) in [7, 11) is 0. The summed E-state index contributed by atoms with van der Waals surface area (Å²) in [4.78, 5) is 24.9. The highest BCUT2D eigenvalue weighted by Gasteiger charge is 2.46. The van der Waals surface area contributed by atoms with Crippen LogP contribution in [0.15, 0.2) is 66.2 Å². The average Bonchev–Trinajstić information content (AvgIpc) is 2.93. The summed E-state index contributed by atoms with van der Waals surface area (Å²) < 4.78 is 10.7. The zero-order chi connectivity index (χ0) is 16.9. The molecule has 3 rings (SSSR count). The van der Waals surface area contributed by atoms with Gasteiger partial charge in [0.2, 0.25) is 0 Å². The summed E-state index contributed by atoms with van der Waals surface area (Å²) in [6.07, 6.45) is 1.04. The molecule has 0 aromatic heterocycles. The fourth-order valence-corrected chi connectivity index (χ4v) is 2.80. The van der Waals surface area contributed by atoms with Gasteiger partial charge in [0.1, 0.15) is 12.0 Å². The molecule has 1 saturated heterocycles. The third-order valence-electron chi connectivity index (χ3n) is 3.90. The lowest BCUT2D eigenvalue weighted by atomic mass is 9.90. The van der Waals surface area contributed by atoms with Gasteiger partial charge in [-0.05, 0) is 24.1 Å². The number of hydrogen-bond acceptors (Lipinski definition) is 4. The predicted octanol–water partition coefficient (Wildman–Crippen LogP) is 3.55. The van der Waals surface area contributed by atoms with Crippen LogP contribution < -0.4 is 0 Å². The highest BCUT2D eigenvalue weighted by atomic mass is 16.6. The van der Waals surface area contributed by atoms with E-state index in [1.807, 2.05) is 60.7 Å². The molecule has 122 valence electrons. The molecule has 0 bridgehead atoms. The molecule has 1 aliphatic rings. The van der Waals surface area contributed by atoms with Crippen molar-refractivity contribution in [2.24, 2.45) is 5.92 Å². The van der Waals surface area contributed by atoms with Gasteiger partial charge in [-0.15, -0.1) is 0 Å². The minimum Gasteiger partial charge on any atom is -0.465 e. The fourth-order valence-electron chi connectivity index (χ4n) is 2.80. The molecule has 4 nitrogen and oxygen atoms in total. The second-order valence-corrected chi connectivity index (χ2v) is 5.48. The summed E-state index contributed by atoms with van der Waals surface area (Å²) in [6.45, 7) is 2.00. The maximum atomic E-state index is 12.5. The molecular formula is C20H18O4. The number of benzene rings is 2. The van der Waals surface area contributed by atoms with Crippen LogP contribution in [-0.2, 0) is 19.1 Å². The molecule has 4 heteroatoms. The molecule has 0 amide bonds. The number of rotatable bonds is 4. The largest absolute Gasteiger partial charge is 0.465 e. The summed E-state index contributed by atoms with van der Waals surface area (Å²) in [5.74, 6) is -1.69. The van der Waals surface area contributed by atoms with E-state index in [4.69, 9.17) is 9.47 Å². The molecule has 1 aliphatic heterocycles. The van der Waals surface area contributed by atoms with E-state index in [1.54, 1.807) is 13.0 Å². The third-order valence-corrected chi connectivity index (χ3v) is 3.90. The van der Waals surface area contributed by atoms with E-state index in [2.05, 4.69) is 0 Å². The first-order valence-corrected chi connectivity index (χ1v) is 7.90. The first kappa shape index (κ1) is 16.0. The molecule has 24 heavy (non-hydrogen) atoms. The van der Waals surface area contributed by atoms with Gasteiger partial charge in [-0.25, -0.2) is 4.79 Å². The number of carbonyl (C=O) groups is 2. The van der Waals surface area contributed by atoms with Crippen molar-refractivity contribution in [3.63, 3.8) is 0 Å². The van der Waals surface area contributed by atoms with Gasteiger partial charge in [0.25, 0.3) is 0 Å². The third kappa shape index (κ3) is 3.23. The van der Waals surface area contributed by atoms with Crippen molar-refractivity contribution >= 4 is 18.0 Å². The molecular weight excluding hydrogens is 304 g/mol. The van der Waals surface area contributed by atoms with E-state index in [9.17, 15) is 9.59 Å². The van der Waals surface area contributed by atoms with Crippen molar-refractivity contribution in [1.29, 1.82) is 0 Å². The standard InChI is InChI=1S/C20H18O4/c1-2-23-20(22)17-16(13-14-9-5-3-6-10-14)19(21)24-18(17)15-11-7-4-8-12-15/h3-13,17-18H,2H2,1H3/b16-13+/t17-,18-/m0/s1. The maximum Gasteiger partial charge on any atom is 0.335 e. The van der Waals surface area contributed by atoms with Gasteiger partial charge in [0.05, 0.1) is 12.2 Å². The minimum atomic E-state index is -0.764. The Bertz CT molecular complexity index is 750. The van der Waals surface area contributed by atoms with Gasteiger partial charge in [0, 0.05) is 0 Å². The Labute approximate surface area is 140 Å². The number of ether oxygens (including phenoxy) is 2. The molecule has 0 aliphatic carbocycles. The Kier molecular flexibility index (Phi) is 4.75. The summed E-state index contributed by atoms with van der Waals surface area (Å²) in [6, 6.07) is 18.7. The Balaban J connectivity index is 2.02. The van der Waals surface area contributed by atoms with Crippen molar-refractivity contribution in [2.45, 2.75) is 13.0 Å². The highest BCUT2D eigenvalue weighted by Crippen LogP contribution is 2.40. The molecule has 1 heterocycles. The van der Waals surface area contributed by atoms with Crippen molar-refractivity contribution in [3.8, 4) is 0 Å². The Hall–Kier alpha value is -2.88. The van der Waals surface area contributed by atoms with Crippen LogP contribution in [-0.4, -0.2) is 18.5 Å². The Morgan fingerprint density at radius 3 is 2.33 bits per heavy atom. The van der Waals surface area contributed by atoms with E-state index in [1.165, 1.54) is 0 Å². The molecule has 2 aromatic carbocycles. The summed E-state index contributed by atoms with van der Waals surface area (Å²) in [5.41, 5.74) is 1.95. The SMILES string of the molecule is CCOC(=O)[C@H]1/C(=C\c2ccccc2)C(=O)O[C@H]1c1ccccc1. The lowest BCUT2D eigenvalue weighted by Crippen LogP contribution is -2.22. The Morgan fingerprint density at radius 2 is 1.71 bits per heavy atom. The van der Waals surface area contributed by atoms with E-state index < -0.39 is 24.0 Å². The molecule has 0 N–H and O–H groups in total. The van der Waals surface area contributed by atoms with Crippen molar-refractivity contribution < 1.29 is 19.1 Å². The molecule has 2 atom stereocenters. The van der Waals surface area contributed by atoms with Crippen LogP contribution in [0, 0.1) is 5.92 Å². The molecule has 0 radical (unpaired) electrons. The molecule has 0 saturated carbocycles. The quantitative estimate of drug-likeness (QED) is 0.638. The minimum absolute atomic E-state index is 0.254. The van der Waals surface area contributed by atoms with Crippen molar-refractivity contribution in [1.82, 2.24) is 0 Å². The van der Waals surface area contributed by atoms with Gasteiger partial charge < -0.3 is 9.47 Å². The van der Waals surface area contributed by atoms with Crippen LogP contribution in [0.25, 0.3) is 6.08 Å². The van der Waals surface area contributed by atoms with Crippen LogP contribution >= 0.6 is 0 Å². The summed E-state index contributed by atoms with van der Waals surface area (Å²) >= 11 is 0. The monoisotopic (exact) mass is 322 g/mol. The van der Waals surface area contributed by atoms with Gasteiger partial charge in [-0.2, -0.15) is 0 Å². The fraction of sp³-hybridized carbons (Fsp3) is 0.200. The van der Waals surface area contributed by atoms with E-state index in [-0.39, 0.29) is 6.61 Å². The molecule has 1 fully saturated rings. The number of carbonyl (C=O) groups excluding carboxylic acids is 2.